The van der Waals surface area contributed by atoms with E-state index in [1.165, 1.54) is 11.3 Å². The predicted octanol–water partition coefficient (Wildman–Crippen LogP) is 1.70. The molecule has 0 spiro atoms. The van der Waals surface area contributed by atoms with Crippen LogP contribution in [-0.4, -0.2) is 28.7 Å². The smallest absolute Gasteiger partial charge is 0.407 e. The van der Waals surface area contributed by atoms with Crippen LogP contribution in [0.3, 0.4) is 0 Å². The second-order valence-corrected chi connectivity index (χ2v) is 2.82. The number of amides is 1. The molecule has 1 fully saturated rings. The van der Waals surface area contributed by atoms with Crippen LogP contribution < -0.4 is 6.15 Å². The van der Waals surface area contributed by atoms with Crippen LogP contribution in [-0.2, 0) is 0 Å². The Morgan fingerprint density at radius 1 is 1.55 bits per heavy atom. The first kappa shape index (κ1) is 10.2. The predicted molar refractivity (Wildman–Crippen MR) is 43.1 cm³/mol. The minimum absolute atomic E-state index is 0. The van der Waals surface area contributed by atoms with Gasteiger partial charge in [0.05, 0.1) is 0 Å². The normalized spacial score (nSPS) is 24.1. The Kier molecular flexibility index (Phi) is 3.89. The van der Waals surface area contributed by atoms with Crippen molar-refractivity contribution >= 4 is 6.09 Å². The fourth-order valence-corrected chi connectivity index (χ4v) is 1.38. The van der Waals surface area contributed by atoms with Gasteiger partial charge in [-0.2, -0.15) is 0 Å². The monoisotopic (exact) mass is 160 g/mol. The number of nitrogens with zero attached hydrogens (tertiary/aromatic N) is 1. The zero-order valence-electron chi connectivity index (χ0n) is 6.92. The molecule has 1 saturated heterocycles. The van der Waals surface area contributed by atoms with E-state index in [9.17, 15) is 4.79 Å². The molecule has 4 nitrogen and oxygen atoms in total. The molecule has 66 valence electrons. The van der Waals surface area contributed by atoms with Crippen LogP contribution in [0.15, 0.2) is 0 Å². The van der Waals surface area contributed by atoms with Gasteiger partial charge in [0.15, 0.2) is 0 Å². The molecule has 4 N–H and O–H groups in total. The molecule has 1 unspecified atom stereocenters. The summed E-state index contributed by atoms with van der Waals surface area (Å²) in [6, 6.07) is 0.228. The number of carbonyl (C=O) groups is 1. The zero-order chi connectivity index (χ0) is 7.56. The number of piperidine rings is 1. The van der Waals surface area contributed by atoms with Crippen LogP contribution in [0.5, 0.6) is 0 Å². The molecule has 0 radical (unpaired) electrons. The molecule has 1 amide bonds. The van der Waals surface area contributed by atoms with E-state index >= 15 is 0 Å². The van der Waals surface area contributed by atoms with Gasteiger partial charge >= 0.3 is 6.09 Å². The molecule has 0 saturated carbocycles. The summed E-state index contributed by atoms with van der Waals surface area (Å²) in [6.07, 6.45) is 2.45. The molecule has 0 aromatic rings. The standard InChI is InChI=1S/C7H13NO2.H3N/c1-6-4-2-3-5-8(6)7(9)10;/h6H,2-5H2,1H3,(H,9,10);1H3. The van der Waals surface area contributed by atoms with Gasteiger partial charge in [0, 0.05) is 12.6 Å². The van der Waals surface area contributed by atoms with Gasteiger partial charge in [-0.05, 0) is 26.2 Å². The van der Waals surface area contributed by atoms with Gasteiger partial charge in [-0.25, -0.2) is 4.79 Å². The topological polar surface area (TPSA) is 75.5 Å². The Morgan fingerprint density at radius 2 is 2.18 bits per heavy atom. The van der Waals surface area contributed by atoms with E-state index in [4.69, 9.17) is 5.11 Å². The molecule has 11 heavy (non-hydrogen) atoms. The highest BCUT2D eigenvalue weighted by molar-refractivity contribution is 5.65. The maximum Gasteiger partial charge on any atom is 0.407 e. The van der Waals surface area contributed by atoms with Gasteiger partial charge < -0.3 is 16.2 Å². The highest BCUT2D eigenvalue weighted by atomic mass is 16.4. The van der Waals surface area contributed by atoms with Crippen LogP contribution in [0.2, 0.25) is 0 Å². The Balaban J connectivity index is 0.000001000. The molecule has 0 aliphatic carbocycles. The Labute approximate surface area is 66.8 Å². The summed E-state index contributed by atoms with van der Waals surface area (Å²) < 4.78 is 0. The van der Waals surface area contributed by atoms with Crippen molar-refractivity contribution in [3.63, 3.8) is 0 Å². The van der Waals surface area contributed by atoms with Gasteiger partial charge in [0.2, 0.25) is 0 Å². The molecule has 1 atom stereocenters. The minimum Gasteiger partial charge on any atom is -0.465 e. The Morgan fingerprint density at radius 3 is 2.55 bits per heavy atom. The lowest BCUT2D eigenvalue weighted by atomic mass is 10.0. The van der Waals surface area contributed by atoms with Crippen molar-refractivity contribution < 1.29 is 9.90 Å². The summed E-state index contributed by atoms with van der Waals surface area (Å²) >= 11 is 0. The van der Waals surface area contributed by atoms with E-state index in [-0.39, 0.29) is 12.2 Å². The van der Waals surface area contributed by atoms with Crippen molar-refractivity contribution in [3.8, 4) is 0 Å². The SMILES string of the molecule is CC1CCCCN1C(=O)O.N. The number of carboxylic acid groups (broad SMARTS) is 1. The van der Waals surface area contributed by atoms with E-state index in [0.29, 0.717) is 0 Å². The lowest BCUT2D eigenvalue weighted by molar-refractivity contribution is 0.112. The van der Waals surface area contributed by atoms with Crippen molar-refractivity contribution in [1.82, 2.24) is 11.1 Å². The fraction of sp³-hybridized carbons (Fsp3) is 0.857. The first-order valence-electron chi connectivity index (χ1n) is 3.71. The van der Waals surface area contributed by atoms with Crippen LogP contribution in [0.25, 0.3) is 0 Å². The van der Waals surface area contributed by atoms with Gasteiger partial charge in [-0.3, -0.25) is 0 Å². The maximum atomic E-state index is 10.5. The third-order valence-electron chi connectivity index (χ3n) is 2.05. The molecule has 1 aliphatic rings. The molecule has 0 aromatic heterocycles. The van der Waals surface area contributed by atoms with Crippen molar-refractivity contribution in [2.75, 3.05) is 6.54 Å². The molecule has 0 aromatic carbocycles. The van der Waals surface area contributed by atoms with Crippen molar-refractivity contribution in [2.24, 2.45) is 0 Å². The third kappa shape index (κ3) is 2.38. The van der Waals surface area contributed by atoms with Crippen LogP contribution in [0.1, 0.15) is 26.2 Å². The number of hydrogen-bond acceptors (Lipinski definition) is 2. The van der Waals surface area contributed by atoms with E-state index < -0.39 is 6.09 Å². The largest absolute Gasteiger partial charge is 0.465 e. The van der Waals surface area contributed by atoms with E-state index in [2.05, 4.69) is 0 Å². The van der Waals surface area contributed by atoms with E-state index in [1.54, 1.807) is 0 Å². The molecule has 1 rings (SSSR count). The fourth-order valence-electron chi connectivity index (χ4n) is 1.38. The molecule has 1 heterocycles. The van der Waals surface area contributed by atoms with Crippen molar-refractivity contribution in [3.05, 3.63) is 0 Å². The summed E-state index contributed by atoms with van der Waals surface area (Å²) in [5.74, 6) is 0. The highest BCUT2D eigenvalue weighted by Crippen LogP contribution is 2.15. The molecule has 4 heteroatoms. The Hall–Kier alpha value is -0.770. The summed E-state index contributed by atoms with van der Waals surface area (Å²) in [6.45, 7) is 2.68. The number of hydrogen-bond donors (Lipinski definition) is 2. The molecular formula is C7H16N2O2. The van der Waals surface area contributed by atoms with Gasteiger partial charge in [-0.1, -0.05) is 0 Å². The van der Waals surface area contributed by atoms with Gasteiger partial charge in [-0.15, -0.1) is 0 Å². The summed E-state index contributed by atoms with van der Waals surface area (Å²) in [4.78, 5) is 12.0. The van der Waals surface area contributed by atoms with Gasteiger partial charge in [0.1, 0.15) is 0 Å². The summed E-state index contributed by atoms with van der Waals surface area (Å²) in [5.41, 5.74) is 0. The third-order valence-corrected chi connectivity index (χ3v) is 2.05. The first-order chi connectivity index (χ1) is 4.72. The highest BCUT2D eigenvalue weighted by Gasteiger charge is 2.21. The average molecular weight is 160 g/mol. The second-order valence-electron chi connectivity index (χ2n) is 2.82. The average Bonchev–Trinajstić information content (AvgIpc) is 1.88. The van der Waals surface area contributed by atoms with Crippen molar-refractivity contribution in [2.45, 2.75) is 32.2 Å². The summed E-state index contributed by atoms with van der Waals surface area (Å²) in [7, 11) is 0. The maximum absolute atomic E-state index is 10.5. The minimum atomic E-state index is -0.771. The lowest BCUT2D eigenvalue weighted by Crippen LogP contribution is -2.40. The quantitative estimate of drug-likeness (QED) is 0.566. The van der Waals surface area contributed by atoms with Crippen LogP contribution >= 0.6 is 0 Å². The molecule has 0 bridgehead atoms. The summed E-state index contributed by atoms with van der Waals surface area (Å²) in [5, 5.41) is 8.63. The molecular weight excluding hydrogens is 144 g/mol. The van der Waals surface area contributed by atoms with Gasteiger partial charge in [0.25, 0.3) is 0 Å². The Bertz CT molecular complexity index is 138. The van der Waals surface area contributed by atoms with E-state index in [1.807, 2.05) is 6.92 Å². The number of likely N-dealkylation sites (tertiary alicyclic amines) is 1. The van der Waals surface area contributed by atoms with Crippen molar-refractivity contribution in [1.29, 1.82) is 0 Å². The zero-order valence-corrected chi connectivity index (χ0v) is 6.92. The molecule has 1 aliphatic heterocycles. The lowest BCUT2D eigenvalue weighted by Gasteiger charge is -2.30. The van der Waals surface area contributed by atoms with Crippen LogP contribution in [0.4, 0.5) is 4.79 Å². The first-order valence-corrected chi connectivity index (χ1v) is 3.71. The van der Waals surface area contributed by atoms with Crippen LogP contribution in [0, 0.1) is 0 Å². The second kappa shape index (κ2) is 4.18. The number of rotatable bonds is 0. The van der Waals surface area contributed by atoms with E-state index in [0.717, 1.165) is 19.4 Å².